The van der Waals surface area contributed by atoms with Gasteiger partial charge in [0.2, 0.25) is 0 Å². The fourth-order valence-electron chi connectivity index (χ4n) is 2.01. The Balaban J connectivity index is 1.76. The number of aromatic nitrogens is 2. The summed E-state index contributed by atoms with van der Waals surface area (Å²) in [5.74, 6) is 0.0693. The molecule has 1 aliphatic rings. The number of hydrogen-bond acceptors (Lipinski definition) is 3. The molecule has 3 rings (SSSR count). The lowest BCUT2D eigenvalue weighted by Gasteiger charge is -2.14. The Bertz CT molecular complexity index is 574. The first-order chi connectivity index (χ1) is 9.24. The zero-order valence-electron chi connectivity index (χ0n) is 10.8. The third kappa shape index (κ3) is 2.67. The zero-order chi connectivity index (χ0) is 13.2. The van der Waals surface area contributed by atoms with Crippen LogP contribution in [0.2, 0.25) is 0 Å². The lowest BCUT2D eigenvalue weighted by Crippen LogP contribution is -2.10. The molecular formula is C15H16N2O2. The van der Waals surface area contributed by atoms with Crippen molar-refractivity contribution in [1.29, 1.82) is 0 Å². The highest BCUT2D eigenvalue weighted by Gasteiger charge is 2.32. The Kier molecular flexibility index (Phi) is 3.07. The molecule has 1 aromatic heterocycles. The molecule has 1 aliphatic carbocycles. The normalized spacial score (nSPS) is 16.1. The summed E-state index contributed by atoms with van der Waals surface area (Å²) >= 11 is 0. The number of carbonyl (C=O) groups is 1. The van der Waals surface area contributed by atoms with Crippen molar-refractivity contribution in [2.24, 2.45) is 5.92 Å². The molecule has 0 aliphatic heterocycles. The maximum atomic E-state index is 11.7. The topological polar surface area (TPSA) is 44.1 Å². The lowest BCUT2D eigenvalue weighted by molar-refractivity contribution is -0.150. The molecule has 0 amide bonds. The Hall–Kier alpha value is -2.10. The highest BCUT2D eigenvalue weighted by Crippen LogP contribution is 2.32. The molecule has 1 unspecified atom stereocenters. The summed E-state index contributed by atoms with van der Waals surface area (Å²) in [5, 5.41) is 0. The minimum atomic E-state index is -0.212. The van der Waals surface area contributed by atoms with Gasteiger partial charge in [-0.3, -0.25) is 4.79 Å². The number of carbonyl (C=O) groups excluding carboxylic acids is 1. The van der Waals surface area contributed by atoms with Crippen LogP contribution in [0.3, 0.4) is 0 Å². The first-order valence-electron chi connectivity index (χ1n) is 6.53. The van der Waals surface area contributed by atoms with E-state index in [1.54, 1.807) is 12.5 Å². The van der Waals surface area contributed by atoms with E-state index in [2.05, 4.69) is 4.98 Å². The summed E-state index contributed by atoms with van der Waals surface area (Å²) in [4.78, 5) is 15.7. The average Bonchev–Trinajstić information content (AvgIpc) is 3.14. The first kappa shape index (κ1) is 12.0. The van der Waals surface area contributed by atoms with Crippen molar-refractivity contribution >= 4 is 5.97 Å². The minimum absolute atomic E-state index is 0.0690. The quantitative estimate of drug-likeness (QED) is 0.790. The Morgan fingerprint density at radius 1 is 1.47 bits per heavy atom. The number of ether oxygens (including phenoxy) is 1. The molecule has 1 aromatic carbocycles. The van der Waals surface area contributed by atoms with E-state index < -0.39 is 0 Å². The van der Waals surface area contributed by atoms with Crippen LogP contribution in [0.15, 0.2) is 43.0 Å². The van der Waals surface area contributed by atoms with Crippen molar-refractivity contribution in [2.45, 2.75) is 25.9 Å². The Morgan fingerprint density at radius 3 is 3.00 bits per heavy atom. The highest BCUT2D eigenvalue weighted by molar-refractivity contribution is 5.75. The first-order valence-corrected chi connectivity index (χ1v) is 6.53. The summed E-state index contributed by atoms with van der Waals surface area (Å²) in [7, 11) is 0. The van der Waals surface area contributed by atoms with E-state index in [0.717, 1.165) is 24.1 Å². The van der Waals surface area contributed by atoms with Gasteiger partial charge in [0.1, 0.15) is 6.10 Å². The number of benzene rings is 1. The van der Waals surface area contributed by atoms with Crippen molar-refractivity contribution < 1.29 is 9.53 Å². The van der Waals surface area contributed by atoms with Crippen molar-refractivity contribution in [1.82, 2.24) is 9.55 Å². The number of esters is 1. The SMILES string of the molecule is CC(OC(=O)C1CC1)c1cccc(-n2ccnc2)c1. The standard InChI is InChI=1S/C15H16N2O2/c1-11(19-15(18)12-5-6-12)13-3-2-4-14(9-13)17-8-7-16-10-17/h2-4,7-12H,5-6H2,1H3. The third-order valence-corrected chi connectivity index (χ3v) is 3.35. The summed E-state index contributed by atoms with van der Waals surface area (Å²) < 4.78 is 7.40. The molecule has 0 N–H and O–H groups in total. The van der Waals surface area contributed by atoms with Crippen LogP contribution in [0.4, 0.5) is 0 Å². The number of rotatable bonds is 4. The van der Waals surface area contributed by atoms with Crippen LogP contribution in [0, 0.1) is 5.92 Å². The van der Waals surface area contributed by atoms with Crippen molar-refractivity contribution in [3.63, 3.8) is 0 Å². The minimum Gasteiger partial charge on any atom is -0.458 e. The van der Waals surface area contributed by atoms with Crippen LogP contribution in [-0.2, 0) is 9.53 Å². The second-order valence-electron chi connectivity index (χ2n) is 4.92. The number of hydrogen-bond donors (Lipinski definition) is 0. The van der Waals surface area contributed by atoms with E-state index in [-0.39, 0.29) is 18.0 Å². The molecule has 1 atom stereocenters. The predicted molar refractivity (Wildman–Crippen MR) is 70.8 cm³/mol. The molecule has 1 heterocycles. The zero-order valence-corrected chi connectivity index (χ0v) is 10.8. The second kappa shape index (κ2) is 4.88. The van der Waals surface area contributed by atoms with Gasteiger partial charge >= 0.3 is 5.97 Å². The Labute approximate surface area is 112 Å². The largest absolute Gasteiger partial charge is 0.458 e. The van der Waals surface area contributed by atoms with Crippen LogP contribution >= 0.6 is 0 Å². The highest BCUT2D eigenvalue weighted by atomic mass is 16.5. The van der Waals surface area contributed by atoms with E-state index in [1.807, 2.05) is 42.0 Å². The maximum absolute atomic E-state index is 11.7. The Morgan fingerprint density at radius 2 is 2.32 bits per heavy atom. The second-order valence-corrected chi connectivity index (χ2v) is 4.92. The lowest BCUT2D eigenvalue weighted by atomic mass is 10.1. The van der Waals surface area contributed by atoms with Crippen LogP contribution in [-0.4, -0.2) is 15.5 Å². The van der Waals surface area contributed by atoms with Gasteiger partial charge < -0.3 is 9.30 Å². The fraction of sp³-hybridized carbons (Fsp3) is 0.333. The van der Waals surface area contributed by atoms with E-state index in [1.165, 1.54) is 0 Å². The van der Waals surface area contributed by atoms with Gasteiger partial charge in [-0.2, -0.15) is 0 Å². The van der Waals surface area contributed by atoms with E-state index in [9.17, 15) is 4.79 Å². The van der Waals surface area contributed by atoms with Gasteiger partial charge in [-0.15, -0.1) is 0 Å². The van der Waals surface area contributed by atoms with Gasteiger partial charge in [-0.25, -0.2) is 4.98 Å². The molecular weight excluding hydrogens is 240 g/mol. The molecule has 4 heteroatoms. The maximum Gasteiger partial charge on any atom is 0.309 e. The molecule has 4 nitrogen and oxygen atoms in total. The fourth-order valence-corrected chi connectivity index (χ4v) is 2.01. The predicted octanol–water partition coefficient (Wildman–Crippen LogP) is 2.89. The molecule has 19 heavy (non-hydrogen) atoms. The molecule has 0 bridgehead atoms. The molecule has 1 fully saturated rings. The van der Waals surface area contributed by atoms with Crippen molar-refractivity contribution in [3.8, 4) is 5.69 Å². The van der Waals surface area contributed by atoms with Gasteiger partial charge in [-0.1, -0.05) is 12.1 Å². The summed E-state index contributed by atoms with van der Waals surface area (Å²) in [6, 6.07) is 7.96. The molecule has 0 saturated heterocycles. The van der Waals surface area contributed by atoms with E-state index in [4.69, 9.17) is 4.74 Å². The molecule has 2 aromatic rings. The van der Waals surface area contributed by atoms with Gasteiger partial charge in [0.15, 0.2) is 0 Å². The van der Waals surface area contributed by atoms with Gasteiger partial charge in [0, 0.05) is 18.1 Å². The summed E-state index contributed by atoms with van der Waals surface area (Å²) in [5.41, 5.74) is 2.02. The molecule has 0 spiro atoms. The van der Waals surface area contributed by atoms with Gasteiger partial charge in [0.05, 0.1) is 12.2 Å². The van der Waals surface area contributed by atoms with Crippen LogP contribution in [0.5, 0.6) is 0 Å². The molecule has 1 saturated carbocycles. The smallest absolute Gasteiger partial charge is 0.309 e. The summed E-state index contributed by atoms with van der Waals surface area (Å²) in [6.07, 6.45) is 7.11. The molecule has 98 valence electrons. The van der Waals surface area contributed by atoms with Crippen LogP contribution in [0.1, 0.15) is 31.4 Å². The van der Waals surface area contributed by atoms with E-state index in [0.29, 0.717) is 0 Å². The monoisotopic (exact) mass is 256 g/mol. The van der Waals surface area contributed by atoms with E-state index >= 15 is 0 Å². The molecule has 0 radical (unpaired) electrons. The van der Waals surface area contributed by atoms with Crippen molar-refractivity contribution in [2.75, 3.05) is 0 Å². The number of imidazole rings is 1. The third-order valence-electron chi connectivity index (χ3n) is 3.35. The van der Waals surface area contributed by atoms with Crippen LogP contribution < -0.4 is 0 Å². The van der Waals surface area contributed by atoms with Crippen LogP contribution in [0.25, 0.3) is 5.69 Å². The van der Waals surface area contributed by atoms with Gasteiger partial charge in [-0.05, 0) is 37.5 Å². The number of nitrogens with zero attached hydrogens (tertiary/aromatic N) is 2. The van der Waals surface area contributed by atoms with Gasteiger partial charge in [0.25, 0.3) is 0 Å². The average molecular weight is 256 g/mol. The summed E-state index contributed by atoms with van der Waals surface area (Å²) in [6.45, 7) is 1.91. The van der Waals surface area contributed by atoms with Crippen molar-refractivity contribution in [3.05, 3.63) is 48.5 Å².